The van der Waals surface area contributed by atoms with Gasteiger partial charge in [-0.1, -0.05) is 73.2 Å². The molecule has 280 valence electrons. The van der Waals surface area contributed by atoms with E-state index in [1.165, 1.54) is 47.4 Å². The molecule has 13 heteroatoms. The number of fused-ring (bicyclic) bond motifs is 1. The molecule has 1 atom stereocenters. The lowest BCUT2D eigenvalue weighted by atomic mass is 10.1. The number of thioether (sulfide) groups is 1. The molecule has 3 N–H and O–H groups in total. The summed E-state index contributed by atoms with van der Waals surface area (Å²) in [4.78, 5) is 67.3. The van der Waals surface area contributed by atoms with Gasteiger partial charge in [0.1, 0.15) is 15.9 Å². The summed E-state index contributed by atoms with van der Waals surface area (Å²) in [6.07, 6.45) is 5.90. The van der Waals surface area contributed by atoms with Gasteiger partial charge in [0.15, 0.2) is 0 Å². The number of nitrogens with zero attached hydrogens (tertiary/aromatic N) is 1. The standard InChI is InChI=1S/C42H38N4O7S2/c1-2-53-42(50)36-32-22-10-5-11-24-35(32)55-41(36)45-40(49)37(27-15-6-3-7-16-27)54-31-21-14-20-30(26-31)43-39(48)33(44-38(47)28-17-8-4-9-18-28)25-29-19-12-13-23-34(29)46(51)52/h3-4,6-9,12-21,23,25-26,37H,2,5,10-11,22,24H2,1H3,(H,43,48)(H,44,47)(H,45,49)/b33-25+. The van der Waals surface area contributed by atoms with Crippen molar-refractivity contribution in [3.05, 3.63) is 158 Å². The van der Waals surface area contributed by atoms with E-state index in [4.69, 9.17) is 4.74 Å². The average molecular weight is 775 g/mol. The van der Waals surface area contributed by atoms with Gasteiger partial charge in [0.2, 0.25) is 5.91 Å². The molecule has 3 amide bonds. The minimum atomic E-state index is -0.747. The normalized spacial score (nSPS) is 13.1. The zero-order chi connectivity index (χ0) is 38.7. The van der Waals surface area contributed by atoms with Crippen LogP contribution in [0.3, 0.4) is 0 Å². The summed E-state index contributed by atoms with van der Waals surface area (Å²) >= 11 is 2.70. The monoisotopic (exact) mass is 774 g/mol. The maximum absolute atomic E-state index is 14.2. The molecule has 0 saturated heterocycles. The number of benzene rings is 4. The number of amides is 3. The number of anilines is 2. The van der Waals surface area contributed by atoms with Gasteiger partial charge in [-0.05, 0) is 86.2 Å². The highest BCUT2D eigenvalue weighted by atomic mass is 32.2. The number of aryl methyl sites for hydroxylation is 1. The molecule has 1 aliphatic carbocycles. The number of hydrogen-bond acceptors (Lipinski definition) is 9. The summed E-state index contributed by atoms with van der Waals surface area (Å²) in [6.45, 7) is 1.97. The predicted molar refractivity (Wildman–Crippen MR) is 215 cm³/mol. The third-order valence-corrected chi connectivity index (χ3v) is 11.2. The number of rotatable bonds is 13. The molecule has 1 unspecified atom stereocenters. The number of esters is 1. The van der Waals surface area contributed by atoms with Crippen LogP contribution in [-0.2, 0) is 27.2 Å². The number of hydrogen-bond donors (Lipinski definition) is 3. The average Bonchev–Trinajstić information content (AvgIpc) is 3.36. The van der Waals surface area contributed by atoms with Crippen molar-refractivity contribution in [2.75, 3.05) is 17.2 Å². The zero-order valence-electron chi connectivity index (χ0n) is 29.9. The van der Waals surface area contributed by atoms with Crippen LogP contribution in [0.5, 0.6) is 0 Å². The Morgan fingerprint density at radius 3 is 2.33 bits per heavy atom. The first kappa shape index (κ1) is 38.7. The summed E-state index contributed by atoms with van der Waals surface area (Å²) in [5.41, 5.74) is 2.44. The molecule has 0 fully saturated rings. The van der Waals surface area contributed by atoms with E-state index >= 15 is 0 Å². The molecule has 6 rings (SSSR count). The van der Waals surface area contributed by atoms with Crippen molar-refractivity contribution in [1.29, 1.82) is 0 Å². The quantitative estimate of drug-likeness (QED) is 0.0267. The topological polar surface area (TPSA) is 157 Å². The molecular weight excluding hydrogens is 737 g/mol. The number of carbonyl (C=O) groups excluding carboxylic acids is 4. The Bertz CT molecular complexity index is 2240. The van der Waals surface area contributed by atoms with Crippen LogP contribution in [0.4, 0.5) is 16.4 Å². The van der Waals surface area contributed by atoms with Crippen molar-refractivity contribution < 1.29 is 28.8 Å². The van der Waals surface area contributed by atoms with E-state index in [-0.39, 0.29) is 29.5 Å². The first-order valence-corrected chi connectivity index (χ1v) is 19.5. The zero-order valence-corrected chi connectivity index (χ0v) is 31.5. The van der Waals surface area contributed by atoms with Gasteiger partial charge in [0, 0.05) is 27.1 Å². The van der Waals surface area contributed by atoms with Gasteiger partial charge >= 0.3 is 5.97 Å². The van der Waals surface area contributed by atoms with Crippen LogP contribution in [0.1, 0.15) is 73.7 Å². The van der Waals surface area contributed by atoms with E-state index in [0.717, 1.165) is 48.1 Å². The Labute approximate surface area is 326 Å². The van der Waals surface area contributed by atoms with Crippen molar-refractivity contribution in [3.8, 4) is 0 Å². The molecular formula is C42H38N4O7S2. The van der Waals surface area contributed by atoms with Crippen molar-refractivity contribution in [2.45, 2.75) is 49.2 Å². The molecule has 0 spiro atoms. The Hall–Kier alpha value is -6.05. The highest BCUT2D eigenvalue weighted by molar-refractivity contribution is 8.00. The first-order chi connectivity index (χ1) is 26.7. The van der Waals surface area contributed by atoms with Gasteiger partial charge in [-0.2, -0.15) is 0 Å². The van der Waals surface area contributed by atoms with E-state index in [1.54, 1.807) is 61.5 Å². The van der Waals surface area contributed by atoms with Crippen LogP contribution in [0.2, 0.25) is 0 Å². The Kier molecular flexibility index (Phi) is 12.9. The van der Waals surface area contributed by atoms with Crippen LogP contribution in [0.25, 0.3) is 6.08 Å². The lowest BCUT2D eigenvalue weighted by Crippen LogP contribution is -2.30. The van der Waals surface area contributed by atoms with Gasteiger partial charge in [0.05, 0.1) is 22.7 Å². The number of carbonyl (C=O) groups is 4. The molecule has 5 aromatic rings. The minimum absolute atomic E-state index is 0.125. The van der Waals surface area contributed by atoms with E-state index in [1.807, 2.05) is 36.4 Å². The van der Waals surface area contributed by atoms with Crippen molar-refractivity contribution in [1.82, 2.24) is 5.32 Å². The third kappa shape index (κ3) is 9.74. The maximum atomic E-state index is 14.2. The lowest BCUT2D eigenvalue weighted by Gasteiger charge is -2.18. The van der Waals surface area contributed by atoms with Crippen LogP contribution >= 0.6 is 23.1 Å². The highest BCUT2D eigenvalue weighted by Crippen LogP contribution is 2.41. The number of nitro groups is 1. The second-order valence-corrected chi connectivity index (χ2v) is 14.8. The molecule has 55 heavy (non-hydrogen) atoms. The molecule has 1 aromatic heterocycles. The summed E-state index contributed by atoms with van der Waals surface area (Å²) in [5, 5.41) is 20.0. The molecule has 4 aromatic carbocycles. The maximum Gasteiger partial charge on any atom is 0.341 e. The number of ether oxygens (including phenoxy) is 1. The number of para-hydroxylation sites is 1. The molecule has 1 heterocycles. The van der Waals surface area contributed by atoms with Crippen LogP contribution in [0.15, 0.2) is 120 Å². The van der Waals surface area contributed by atoms with Gasteiger partial charge < -0.3 is 20.7 Å². The van der Waals surface area contributed by atoms with Crippen molar-refractivity contribution in [2.24, 2.45) is 0 Å². The smallest absolute Gasteiger partial charge is 0.341 e. The van der Waals surface area contributed by atoms with Crippen LogP contribution < -0.4 is 16.0 Å². The summed E-state index contributed by atoms with van der Waals surface area (Å²) in [7, 11) is 0. The fourth-order valence-electron chi connectivity index (χ4n) is 6.18. The lowest BCUT2D eigenvalue weighted by molar-refractivity contribution is -0.385. The molecule has 1 aliphatic rings. The minimum Gasteiger partial charge on any atom is -0.462 e. The number of nitro benzene ring substituents is 1. The first-order valence-electron chi connectivity index (χ1n) is 17.8. The molecule has 0 bridgehead atoms. The molecule has 0 radical (unpaired) electrons. The van der Waals surface area contributed by atoms with Gasteiger partial charge in [0.25, 0.3) is 17.5 Å². The second kappa shape index (κ2) is 18.3. The molecule has 0 saturated carbocycles. The highest BCUT2D eigenvalue weighted by Gasteiger charge is 2.30. The fourth-order valence-corrected chi connectivity index (χ4v) is 8.55. The predicted octanol–water partition coefficient (Wildman–Crippen LogP) is 8.98. The summed E-state index contributed by atoms with van der Waals surface area (Å²) in [5.74, 6) is -2.06. The second-order valence-electron chi connectivity index (χ2n) is 12.6. The van der Waals surface area contributed by atoms with Gasteiger partial charge in [-0.3, -0.25) is 24.5 Å². The largest absolute Gasteiger partial charge is 0.462 e. The van der Waals surface area contributed by atoms with Gasteiger partial charge in [-0.15, -0.1) is 23.1 Å². The van der Waals surface area contributed by atoms with E-state index in [0.29, 0.717) is 26.7 Å². The summed E-state index contributed by atoms with van der Waals surface area (Å²) < 4.78 is 5.43. The Morgan fingerprint density at radius 1 is 0.873 bits per heavy atom. The van der Waals surface area contributed by atoms with Crippen LogP contribution in [0, 0.1) is 10.1 Å². The Balaban J connectivity index is 1.27. The van der Waals surface area contributed by atoms with Gasteiger partial charge in [-0.25, -0.2) is 4.79 Å². The van der Waals surface area contributed by atoms with E-state index in [9.17, 15) is 29.3 Å². The SMILES string of the molecule is CCOC(=O)c1c(NC(=O)C(Sc2cccc(NC(=O)/C(=C\c3ccccc3[N+](=O)[O-])NC(=O)c3ccccc3)c2)c2ccccc2)sc2c1CCCCC2. The van der Waals surface area contributed by atoms with E-state index in [2.05, 4.69) is 16.0 Å². The number of thiophene rings is 1. The van der Waals surface area contributed by atoms with Crippen LogP contribution in [-0.4, -0.2) is 35.2 Å². The Morgan fingerprint density at radius 2 is 1.58 bits per heavy atom. The van der Waals surface area contributed by atoms with Crippen molar-refractivity contribution in [3.63, 3.8) is 0 Å². The fraction of sp³-hybridized carbons (Fsp3) is 0.190. The van der Waals surface area contributed by atoms with E-state index < -0.39 is 28.0 Å². The molecule has 0 aliphatic heterocycles. The molecule has 11 nitrogen and oxygen atoms in total. The number of nitrogens with one attached hydrogen (secondary N) is 3. The van der Waals surface area contributed by atoms with Crippen molar-refractivity contribution >= 4 is 69.2 Å². The third-order valence-electron chi connectivity index (χ3n) is 8.79. The summed E-state index contributed by atoms with van der Waals surface area (Å²) in [6, 6.07) is 30.3.